The van der Waals surface area contributed by atoms with E-state index in [0.717, 1.165) is 17.8 Å². The maximum atomic E-state index is 9.91. The lowest BCUT2D eigenvalue weighted by molar-refractivity contribution is 0.204. The minimum Gasteiger partial charge on any atom is -0.494 e. The molecular weight excluding hydrogens is 243 g/mol. The molecule has 2 nitrogen and oxygen atoms in total. The molecule has 0 aromatic rings. The van der Waals surface area contributed by atoms with E-state index in [0.29, 0.717) is 17.9 Å². The molecule has 14 heavy (non-hydrogen) atoms. The normalized spacial score (nSPS) is 37.4. The van der Waals surface area contributed by atoms with Gasteiger partial charge >= 0.3 is 0 Å². The second-order valence-electron chi connectivity index (χ2n) is 3.69. The standard InChI is InChI=1S/C10H12BBrO2/c11-8-3-4-14-9-5-6(12)1-2-7(9)10(8)13/h2,5-6,8,10,13H,1,3-4H2. The van der Waals surface area contributed by atoms with Crippen molar-refractivity contribution < 1.29 is 9.84 Å². The highest BCUT2D eigenvalue weighted by molar-refractivity contribution is 9.09. The largest absolute Gasteiger partial charge is 0.494 e. The number of ether oxygens (including phenoxy) is 1. The van der Waals surface area contributed by atoms with Gasteiger partial charge < -0.3 is 9.84 Å². The van der Waals surface area contributed by atoms with Crippen LogP contribution in [0.2, 0.25) is 5.82 Å². The van der Waals surface area contributed by atoms with Crippen molar-refractivity contribution in [1.82, 2.24) is 0 Å². The van der Waals surface area contributed by atoms with Crippen LogP contribution in [0.4, 0.5) is 0 Å². The molecule has 0 saturated carbocycles. The first-order valence-corrected chi connectivity index (χ1v) is 5.73. The van der Waals surface area contributed by atoms with E-state index in [1.165, 1.54) is 0 Å². The van der Waals surface area contributed by atoms with Gasteiger partial charge in [0.05, 0.1) is 20.6 Å². The van der Waals surface area contributed by atoms with E-state index in [1.807, 2.05) is 12.2 Å². The van der Waals surface area contributed by atoms with E-state index in [9.17, 15) is 5.11 Å². The molecule has 4 heteroatoms. The summed E-state index contributed by atoms with van der Waals surface area (Å²) in [6.45, 7) is 0.584. The average molecular weight is 255 g/mol. The molecule has 1 fully saturated rings. The smallest absolute Gasteiger partial charge is 0.121 e. The molecule has 0 aromatic heterocycles. The van der Waals surface area contributed by atoms with Crippen molar-refractivity contribution in [1.29, 1.82) is 0 Å². The van der Waals surface area contributed by atoms with E-state index in [1.54, 1.807) is 0 Å². The lowest BCUT2D eigenvalue weighted by Crippen LogP contribution is -2.19. The SMILES string of the molecule is [B]C1CCOC2=CC(Br)CC=C2C1O. The van der Waals surface area contributed by atoms with Crippen molar-refractivity contribution in [2.45, 2.75) is 29.6 Å². The second kappa shape index (κ2) is 4.11. The van der Waals surface area contributed by atoms with Crippen LogP contribution in [0, 0.1) is 0 Å². The highest BCUT2D eigenvalue weighted by Crippen LogP contribution is 2.33. The average Bonchev–Trinajstić information content (AvgIpc) is 2.28. The van der Waals surface area contributed by atoms with Crippen LogP contribution in [-0.4, -0.2) is 30.5 Å². The van der Waals surface area contributed by atoms with E-state index in [2.05, 4.69) is 15.9 Å². The van der Waals surface area contributed by atoms with E-state index in [-0.39, 0.29) is 5.82 Å². The Bertz CT molecular complexity index is 288. The molecule has 2 aliphatic rings. The molecule has 2 radical (unpaired) electrons. The summed E-state index contributed by atoms with van der Waals surface area (Å²) < 4.78 is 5.54. The van der Waals surface area contributed by atoms with Gasteiger partial charge in [0.2, 0.25) is 0 Å². The van der Waals surface area contributed by atoms with Crippen LogP contribution < -0.4 is 0 Å². The molecule has 0 spiro atoms. The fraction of sp³-hybridized carbons (Fsp3) is 0.600. The van der Waals surface area contributed by atoms with Crippen molar-refractivity contribution >= 4 is 23.8 Å². The number of aliphatic hydroxyl groups is 1. The topological polar surface area (TPSA) is 29.5 Å². The van der Waals surface area contributed by atoms with Gasteiger partial charge in [-0.2, -0.15) is 0 Å². The van der Waals surface area contributed by atoms with Gasteiger partial charge in [-0.25, -0.2) is 0 Å². The van der Waals surface area contributed by atoms with Crippen LogP contribution in [0.15, 0.2) is 23.5 Å². The summed E-state index contributed by atoms with van der Waals surface area (Å²) in [5.41, 5.74) is 0.853. The van der Waals surface area contributed by atoms with Gasteiger partial charge in [-0.15, -0.1) is 0 Å². The third-order valence-electron chi connectivity index (χ3n) is 2.61. The molecule has 1 saturated heterocycles. The Kier molecular flexibility index (Phi) is 3.03. The Morgan fingerprint density at radius 1 is 1.57 bits per heavy atom. The first-order valence-electron chi connectivity index (χ1n) is 4.81. The summed E-state index contributed by atoms with van der Waals surface area (Å²) in [5, 5.41) is 9.91. The Morgan fingerprint density at radius 2 is 2.36 bits per heavy atom. The first-order chi connectivity index (χ1) is 6.68. The Labute approximate surface area is 93.6 Å². The summed E-state index contributed by atoms with van der Waals surface area (Å²) >= 11 is 3.50. The van der Waals surface area contributed by atoms with Gasteiger partial charge in [-0.05, 0) is 24.7 Å². The zero-order chi connectivity index (χ0) is 10.1. The van der Waals surface area contributed by atoms with Crippen LogP contribution in [0.25, 0.3) is 0 Å². The number of hydrogen-bond acceptors (Lipinski definition) is 2. The van der Waals surface area contributed by atoms with Crippen LogP contribution in [0.1, 0.15) is 12.8 Å². The molecular formula is C10H12BBrO2. The van der Waals surface area contributed by atoms with Crippen molar-refractivity contribution in [3.63, 3.8) is 0 Å². The summed E-state index contributed by atoms with van der Waals surface area (Å²) in [6, 6.07) is 0. The van der Waals surface area contributed by atoms with Crippen LogP contribution in [0.5, 0.6) is 0 Å². The lowest BCUT2D eigenvalue weighted by Gasteiger charge is -2.21. The molecule has 1 aliphatic carbocycles. The first kappa shape index (κ1) is 10.3. The summed E-state index contributed by atoms with van der Waals surface area (Å²) in [7, 11) is 5.81. The van der Waals surface area contributed by atoms with E-state index >= 15 is 0 Å². The predicted octanol–water partition coefficient (Wildman–Crippen LogP) is 1.70. The van der Waals surface area contributed by atoms with E-state index in [4.69, 9.17) is 12.6 Å². The number of rotatable bonds is 0. The quantitative estimate of drug-likeness (QED) is 0.527. The molecule has 2 rings (SSSR count). The fourth-order valence-corrected chi connectivity index (χ4v) is 2.19. The van der Waals surface area contributed by atoms with Crippen molar-refractivity contribution in [2.75, 3.05) is 6.61 Å². The zero-order valence-corrected chi connectivity index (χ0v) is 9.40. The summed E-state index contributed by atoms with van der Waals surface area (Å²) in [4.78, 5) is 0.308. The number of allylic oxidation sites excluding steroid dienone is 2. The van der Waals surface area contributed by atoms with Crippen LogP contribution >= 0.6 is 15.9 Å². The van der Waals surface area contributed by atoms with Gasteiger partial charge in [0, 0.05) is 10.4 Å². The molecule has 3 unspecified atom stereocenters. The molecule has 0 bridgehead atoms. The van der Waals surface area contributed by atoms with Gasteiger partial charge in [0.25, 0.3) is 0 Å². The van der Waals surface area contributed by atoms with Gasteiger partial charge in [0.15, 0.2) is 0 Å². The second-order valence-corrected chi connectivity index (χ2v) is 4.86. The van der Waals surface area contributed by atoms with Crippen molar-refractivity contribution in [3.05, 3.63) is 23.5 Å². The maximum absolute atomic E-state index is 9.91. The minimum atomic E-state index is -0.580. The zero-order valence-electron chi connectivity index (χ0n) is 7.82. The Hall–Kier alpha value is -0.215. The molecule has 0 amide bonds. The predicted molar refractivity (Wildman–Crippen MR) is 59.6 cm³/mol. The third kappa shape index (κ3) is 1.91. The Morgan fingerprint density at radius 3 is 3.14 bits per heavy atom. The molecule has 1 aliphatic heterocycles. The van der Waals surface area contributed by atoms with Gasteiger partial charge in [-0.1, -0.05) is 22.0 Å². The summed E-state index contributed by atoms with van der Waals surface area (Å²) in [6.07, 6.45) is 5.00. The molecule has 3 atom stereocenters. The van der Waals surface area contributed by atoms with Crippen LogP contribution in [-0.2, 0) is 4.74 Å². The number of aliphatic hydroxyl groups excluding tert-OH is 1. The monoisotopic (exact) mass is 254 g/mol. The van der Waals surface area contributed by atoms with E-state index < -0.39 is 6.10 Å². The number of alkyl halides is 1. The molecule has 74 valence electrons. The van der Waals surface area contributed by atoms with Crippen LogP contribution in [0.3, 0.4) is 0 Å². The fourth-order valence-electron chi connectivity index (χ4n) is 1.76. The third-order valence-corrected chi connectivity index (χ3v) is 3.25. The molecule has 1 heterocycles. The molecule has 1 N–H and O–H groups in total. The lowest BCUT2D eigenvalue weighted by atomic mass is 9.77. The highest BCUT2D eigenvalue weighted by atomic mass is 79.9. The number of fused-ring (bicyclic) bond motifs is 1. The van der Waals surface area contributed by atoms with Crippen molar-refractivity contribution in [3.8, 4) is 0 Å². The number of hydrogen-bond donors (Lipinski definition) is 1. The van der Waals surface area contributed by atoms with Gasteiger partial charge in [0.1, 0.15) is 5.76 Å². The highest BCUT2D eigenvalue weighted by Gasteiger charge is 2.28. The molecule has 0 aromatic carbocycles. The Balaban J connectivity index is 2.27. The van der Waals surface area contributed by atoms with Crippen molar-refractivity contribution in [2.24, 2.45) is 0 Å². The maximum Gasteiger partial charge on any atom is 0.121 e. The van der Waals surface area contributed by atoms with Gasteiger partial charge in [-0.3, -0.25) is 0 Å². The minimum absolute atomic E-state index is 0.209. The summed E-state index contributed by atoms with van der Waals surface area (Å²) in [5.74, 6) is 0.581. The number of halogens is 1.